The minimum atomic E-state index is -0.785. The predicted molar refractivity (Wildman–Crippen MR) is 194 cm³/mol. The van der Waals surface area contributed by atoms with Crippen molar-refractivity contribution >= 4 is 67.2 Å². The van der Waals surface area contributed by atoms with Crippen molar-refractivity contribution in [3.05, 3.63) is 56.5 Å². The van der Waals surface area contributed by atoms with Crippen LogP contribution in [-0.4, -0.2) is 102 Å². The Balaban J connectivity index is 1.08. The summed E-state index contributed by atoms with van der Waals surface area (Å²) >= 11 is 7.03. The molecular formula is C35H45Br2N7O5. The fourth-order valence-electron chi connectivity index (χ4n) is 7.97. The number of nitrogens with one attached hydrogen (secondary N) is 2. The van der Waals surface area contributed by atoms with E-state index in [4.69, 9.17) is 10.8 Å². The van der Waals surface area contributed by atoms with Crippen LogP contribution >= 0.6 is 31.9 Å². The highest BCUT2D eigenvalue weighted by Crippen LogP contribution is 2.34. The number of hydrogen-bond donors (Lipinski definition) is 4. The van der Waals surface area contributed by atoms with E-state index in [0.29, 0.717) is 69.5 Å². The number of carbonyl (C=O) groups is 4. The number of halogens is 2. The van der Waals surface area contributed by atoms with Crippen LogP contribution < -0.4 is 21.3 Å². The molecule has 1 atom stereocenters. The lowest BCUT2D eigenvalue weighted by molar-refractivity contribution is -0.138. The van der Waals surface area contributed by atoms with Crippen molar-refractivity contribution in [3.8, 4) is 0 Å². The van der Waals surface area contributed by atoms with Gasteiger partial charge >= 0.3 is 18.0 Å². The molecule has 0 saturated carbocycles. The van der Waals surface area contributed by atoms with E-state index in [-0.39, 0.29) is 30.6 Å². The largest absolute Gasteiger partial charge is 0.480 e. The van der Waals surface area contributed by atoms with Crippen LogP contribution in [0.25, 0.3) is 0 Å². The summed E-state index contributed by atoms with van der Waals surface area (Å²) in [6, 6.07) is 10.5. The highest BCUT2D eigenvalue weighted by molar-refractivity contribution is 9.11. The molecule has 264 valence electrons. The first-order chi connectivity index (χ1) is 23.6. The number of para-hydroxylation sites is 1. The number of carbonyl (C=O) groups excluding carboxylic acids is 3. The number of carboxylic acids is 1. The summed E-state index contributed by atoms with van der Waals surface area (Å²) in [6.07, 6.45) is 5.34. The summed E-state index contributed by atoms with van der Waals surface area (Å²) < 4.78 is 1.44. The number of anilines is 2. The van der Waals surface area contributed by atoms with Crippen molar-refractivity contribution in [2.75, 3.05) is 56.4 Å². The van der Waals surface area contributed by atoms with Gasteiger partial charge in [0.1, 0.15) is 6.04 Å². The van der Waals surface area contributed by atoms with E-state index in [0.717, 1.165) is 64.5 Å². The molecule has 2 aromatic rings. The molecule has 3 fully saturated rings. The molecule has 14 heteroatoms. The minimum absolute atomic E-state index is 0.0295. The van der Waals surface area contributed by atoms with Gasteiger partial charge in [0.25, 0.3) is 0 Å². The average Bonchev–Trinajstić information content (AvgIpc) is 3.10. The third kappa shape index (κ3) is 8.34. The zero-order valence-corrected chi connectivity index (χ0v) is 30.8. The van der Waals surface area contributed by atoms with Gasteiger partial charge in [0.05, 0.1) is 17.9 Å². The van der Waals surface area contributed by atoms with Crippen LogP contribution in [0.2, 0.25) is 0 Å². The Morgan fingerprint density at radius 3 is 2.12 bits per heavy atom. The van der Waals surface area contributed by atoms with Crippen molar-refractivity contribution in [1.29, 1.82) is 0 Å². The van der Waals surface area contributed by atoms with Gasteiger partial charge in [0.15, 0.2) is 0 Å². The number of nitrogen functional groups attached to an aromatic ring is 1. The molecule has 6 rings (SSSR count). The number of nitrogens with zero attached hydrogens (tertiary/aromatic N) is 4. The molecule has 12 nitrogen and oxygen atoms in total. The summed E-state index contributed by atoms with van der Waals surface area (Å²) in [6.45, 7) is 4.40. The lowest BCUT2D eigenvalue weighted by atomic mass is 9.78. The molecule has 3 saturated heterocycles. The van der Waals surface area contributed by atoms with E-state index in [1.54, 1.807) is 4.90 Å². The number of piperidine rings is 3. The van der Waals surface area contributed by atoms with E-state index >= 15 is 0 Å². The SMILES string of the molecule is Nc1c(Br)cc(C[C@@H](NC(=O)N2CCC(N3C(=O)NCc4ccccc43)CC2)C(=O)N2CCC(C3CCN(CC(=O)O)CC3)CC2)cc1Br. The molecule has 5 N–H and O–H groups in total. The molecule has 0 aromatic heterocycles. The number of urea groups is 2. The maximum atomic E-state index is 14.1. The predicted octanol–water partition coefficient (Wildman–Crippen LogP) is 4.64. The van der Waals surface area contributed by atoms with Gasteiger partial charge in [-0.1, -0.05) is 18.2 Å². The zero-order chi connectivity index (χ0) is 34.7. The Bertz CT molecular complexity index is 1530. The second-order valence-electron chi connectivity index (χ2n) is 13.7. The van der Waals surface area contributed by atoms with Gasteiger partial charge in [-0.25, -0.2) is 9.59 Å². The number of fused-ring (bicyclic) bond motifs is 1. The molecular weight excluding hydrogens is 758 g/mol. The quantitative estimate of drug-likeness (QED) is 0.284. The van der Waals surface area contributed by atoms with E-state index in [1.807, 2.05) is 51.1 Å². The number of amides is 5. The van der Waals surface area contributed by atoms with Crippen molar-refractivity contribution in [2.24, 2.45) is 11.8 Å². The number of rotatable bonds is 8. The second-order valence-corrected chi connectivity index (χ2v) is 15.4. The first-order valence-corrected chi connectivity index (χ1v) is 18.8. The van der Waals surface area contributed by atoms with Crippen molar-refractivity contribution in [1.82, 2.24) is 25.3 Å². The molecule has 2 aromatic carbocycles. The standard InChI is InChI=1S/C35H45Br2N7O5/c36-27-17-22(18-28(37)32(27)38)19-29(33(47)42-13-7-24(8-14-42)23-5-11-41(12-6-23)21-31(45)46)40-35(49)43-15-9-26(10-16-43)44-30-4-2-1-3-25(30)20-39-34(44)48/h1-4,17-18,23-24,26,29H,5-16,19-21,38H2,(H,39,48)(H,40,49)(H,45,46)/t29-/m1/s1. The van der Waals surface area contributed by atoms with Crippen LogP contribution in [0.4, 0.5) is 21.0 Å². The number of carboxylic acid groups (broad SMARTS) is 1. The molecule has 0 spiro atoms. The van der Waals surface area contributed by atoms with Crippen LogP contribution in [0.3, 0.4) is 0 Å². The normalized spacial score (nSPS) is 20.4. The molecule has 0 aliphatic carbocycles. The first kappa shape index (κ1) is 35.5. The van der Waals surface area contributed by atoms with E-state index in [9.17, 15) is 19.2 Å². The molecule has 0 radical (unpaired) electrons. The fourth-order valence-corrected chi connectivity index (χ4v) is 9.25. The third-order valence-corrected chi connectivity index (χ3v) is 12.0. The lowest BCUT2D eigenvalue weighted by Gasteiger charge is -2.42. The van der Waals surface area contributed by atoms with Gasteiger partial charge in [-0.2, -0.15) is 0 Å². The number of benzene rings is 2. The summed E-state index contributed by atoms with van der Waals surface area (Å²) in [5.41, 5.74) is 9.57. The molecule has 4 heterocycles. The molecule has 49 heavy (non-hydrogen) atoms. The highest BCUT2D eigenvalue weighted by Gasteiger charge is 2.37. The lowest BCUT2D eigenvalue weighted by Crippen LogP contribution is -2.57. The number of hydrogen-bond acceptors (Lipinski definition) is 6. The monoisotopic (exact) mass is 801 g/mol. The zero-order valence-electron chi connectivity index (χ0n) is 27.6. The van der Waals surface area contributed by atoms with Crippen molar-refractivity contribution in [3.63, 3.8) is 0 Å². The summed E-state index contributed by atoms with van der Waals surface area (Å²) in [5.74, 6) is 0.161. The Hall–Kier alpha value is -3.36. The van der Waals surface area contributed by atoms with Crippen LogP contribution in [0.5, 0.6) is 0 Å². The summed E-state index contributed by atoms with van der Waals surface area (Å²) in [7, 11) is 0. The topological polar surface area (TPSA) is 152 Å². The minimum Gasteiger partial charge on any atom is -0.480 e. The first-order valence-electron chi connectivity index (χ1n) is 17.2. The van der Waals surface area contributed by atoms with E-state index in [1.165, 1.54) is 0 Å². The average molecular weight is 804 g/mol. The van der Waals surface area contributed by atoms with E-state index < -0.39 is 12.0 Å². The van der Waals surface area contributed by atoms with Crippen LogP contribution in [0, 0.1) is 11.8 Å². The Labute approximate surface area is 304 Å². The number of nitrogens with two attached hydrogens (primary N) is 1. The van der Waals surface area contributed by atoms with E-state index in [2.05, 4.69) is 42.5 Å². The van der Waals surface area contributed by atoms with Gasteiger partial charge in [0, 0.05) is 54.1 Å². The Kier molecular flexibility index (Phi) is 11.3. The van der Waals surface area contributed by atoms with Crippen LogP contribution in [-0.2, 0) is 22.6 Å². The number of aliphatic carboxylic acids is 1. The molecule has 4 aliphatic rings. The molecule has 4 aliphatic heterocycles. The Morgan fingerprint density at radius 1 is 0.898 bits per heavy atom. The molecule has 0 unspecified atom stereocenters. The van der Waals surface area contributed by atoms with Gasteiger partial charge < -0.3 is 31.3 Å². The van der Waals surface area contributed by atoms with Crippen LogP contribution in [0.1, 0.15) is 49.7 Å². The third-order valence-electron chi connectivity index (χ3n) is 10.7. The highest BCUT2D eigenvalue weighted by atomic mass is 79.9. The van der Waals surface area contributed by atoms with Gasteiger partial charge in [-0.3, -0.25) is 19.4 Å². The summed E-state index contributed by atoms with van der Waals surface area (Å²) in [4.78, 5) is 59.4. The van der Waals surface area contributed by atoms with Crippen LogP contribution in [0.15, 0.2) is 45.3 Å². The fraction of sp³-hybridized carbons (Fsp3) is 0.543. The second kappa shape index (κ2) is 15.7. The molecule has 0 bridgehead atoms. The van der Waals surface area contributed by atoms with Crippen molar-refractivity contribution in [2.45, 2.75) is 63.6 Å². The van der Waals surface area contributed by atoms with Gasteiger partial charge in [-0.05, 0) is 125 Å². The number of likely N-dealkylation sites (tertiary alicyclic amines) is 3. The van der Waals surface area contributed by atoms with Gasteiger partial charge in [-0.15, -0.1) is 0 Å². The molecule has 5 amide bonds. The van der Waals surface area contributed by atoms with Gasteiger partial charge in [0.2, 0.25) is 5.91 Å². The Morgan fingerprint density at radius 2 is 1.49 bits per heavy atom. The summed E-state index contributed by atoms with van der Waals surface area (Å²) in [5, 5.41) is 15.2. The smallest absolute Gasteiger partial charge is 0.322 e. The van der Waals surface area contributed by atoms with Crippen molar-refractivity contribution < 1.29 is 24.3 Å². The maximum absolute atomic E-state index is 14.1. The maximum Gasteiger partial charge on any atom is 0.322 e.